The van der Waals surface area contributed by atoms with Crippen LogP contribution in [0.3, 0.4) is 0 Å². The predicted molar refractivity (Wildman–Crippen MR) is 98.8 cm³/mol. The monoisotopic (exact) mass is 352 g/mol. The number of piperidine rings is 1. The van der Waals surface area contributed by atoms with E-state index in [0.29, 0.717) is 12.8 Å². The van der Waals surface area contributed by atoms with E-state index in [0.717, 1.165) is 43.9 Å². The van der Waals surface area contributed by atoms with E-state index in [4.69, 9.17) is 0 Å². The molecule has 2 heterocycles. The van der Waals surface area contributed by atoms with Gasteiger partial charge < -0.3 is 15.3 Å². The van der Waals surface area contributed by atoms with E-state index in [2.05, 4.69) is 26.3 Å². The number of hydrogen-bond donors (Lipinski definition) is 2. The molecule has 1 aromatic carbocycles. The lowest BCUT2D eigenvalue weighted by Crippen LogP contribution is -2.55. The van der Waals surface area contributed by atoms with Crippen molar-refractivity contribution in [3.05, 3.63) is 53.9 Å². The van der Waals surface area contributed by atoms with Gasteiger partial charge in [0, 0.05) is 37.9 Å². The zero-order valence-electron chi connectivity index (χ0n) is 14.8. The molecule has 6 nitrogen and oxygen atoms in total. The van der Waals surface area contributed by atoms with Crippen LogP contribution < -0.4 is 10.2 Å². The van der Waals surface area contributed by atoms with Crippen molar-refractivity contribution in [2.45, 2.75) is 43.7 Å². The minimum Gasteiger partial charge on any atom is -0.380 e. The minimum atomic E-state index is -1.30. The fourth-order valence-electron chi connectivity index (χ4n) is 3.91. The maximum Gasteiger partial charge on any atom is 0.252 e. The average molecular weight is 352 g/mol. The van der Waals surface area contributed by atoms with Crippen LogP contribution in [0.4, 0.5) is 5.95 Å². The molecule has 0 bridgehead atoms. The van der Waals surface area contributed by atoms with Crippen LogP contribution >= 0.6 is 0 Å². The molecule has 6 heteroatoms. The van der Waals surface area contributed by atoms with Crippen LogP contribution in [0.5, 0.6) is 0 Å². The Kier molecular flexibility index (Phi) is 4.59. The number of fused-ring (bicyclic) bond motifs is 1. The van der Waals surface area contributed by atoms with E-state index in [1.165, 1.54) is 5.56 Å². The zero-order valence-corrected chi connectivity index (χ0v) is 14.8. The summed E-state index contributed by atoms with van der Waals surface area (Å²) in [6.07, 6.45) is 6.76. The van der Waals surface area contributed by atoms with Crippen molar-refractivity contribution in [3.63, 3.8) is 0 Å². The summed E-state index contributed by atoms with van der Waals surface area (Å²) in [5, 5.41) is 14.0. The number of carbonyl (C=O) groups is 1. The van der Waals surface area contributed by atoms with Gasteiger partial charge in [-0.2, -0.15) is 0 Å². The summed E-state index contributed by atoms with van der Waals surface area (Å²) in [5.74, 6) is 0.501. The number of nitrogens with one attached hydrogen (secondary N) is 1. The summed E-state index contributed by atoms with van der Waals surface area (Å²) in [6, 6.07) is 9.94. The molecule has 1 saturated heterocycles. The topological polar surface area (TPSA) is 78.4 Å². The minimum absolute atomic E-state index is 0.0867. The highest BCUT2D eigenvalue weighted by Crippen LogP contribution is 2.29. The molecule has 0 spiro atoms. The molecule has 4 rings (SSSR count). The lowest BCUT2D eigenvalue weighted by molar-refractivity contribution is -0.141. The first kappa shape index (κ1) is 17.0. The molecule has 2 aromatic rings. The Balaban J connectivity index is 1.34. The Hall–Kier alpha value is -2.47. The Morgan fingerprint density at radius 3 is 2.54 bits per heavy atom. The van der Waals surface area contributed by atoms with Crippen LogP contribution in [0.15, 0.2) is 42.7 Å². The van der Waals surface area contributed by atoms with Gasteiger partial charge in [0.15, 0.2) is 0 Å². The van der Waals surface area contributed by atoms with Gasteiger partial charge in [0.25, 0.3) is 5.91 Å². The van der Waals surface area contributed by atoms with Crippen molar-refractivity contribution in [2.24, 2.45) is 0 Å². The highest BCUT2D eigenvalue weighted by molar-refractivity contribution is 5.86. The average Bonchev–Trinajstić information content (AvgIpc) is 2.69. The number of aryl methyl sites for hydroxylation is 1. The summed E-state index contributed by atoms with van der Waals surface area (Å²) in [6.45, 7) is 1.60. The Morgan fingerprint density at radius 1 is 1.12 bits per heavy atom. The third-order valence-electron chi connectivity index (χ3n) is 5.50. The van der Waals surface area contributed by atoms with E-state index < -0.39 is 5.60 Å². The number of benzene rings is 1. The predicted octanol–water partition coefficient (Wildman–Crippen LogP) is 1.48. The quantitative estimate of drug-likeness (QED) is 0.875. The van der Waals surface area contributed by atoms with Gasteiger partial charge in [-0.15, -0.1) is 0 Å². The maximum absolute atomic E-state index is 12.7. The maximum atomic E-state index is 12.7. The molecule has 0 saturated carbocycles. The fraction of sp³-hybridized carbons (Fsp3) is 0.450. The molecule has 1 amide bonds. The van der Waals surface area contributed by atoms with Crippen LogP contribution in [0.2, 0.25) is 0 Å². The van der Waals surface area contributed by atoms with Gasteiger partial charge in [-0.3, -0.25) is 4.79 Å². The number of carbonyl (C=O) groups excluding carboxylic acids is 1. The number of amides is 1. The lowest BCUT2D eigenvalue weighted by atomic mass is 9.79. The highest BCUT2D eigenvalue weighted by atomic mass is 16.3. The van der Waals surface area contributed by atoms with E-state index in [1.54, 1.807) is 18.5 Å². The van der Waals surface area contributed by atoms with E-state index >= 15 is 0 Å². The normalized spacial score (nSPS) is 23.3. The Morgan fingerprint density at radius 2 is 1.81 bits per heavy atom. The summed E-state index contributed by atoms with van der Waals surface area (Å²) >= 11 is 0. The van der Waals surface area contributed by atoms with Crippen LogP contribution in [0.1, 0.15) is 30.4 Å². The Bertz CT molecular complexity index is 774. The Labute approximate surface area is 153 Å². The van der Waals surface area contributed by atoms with Crippen LogP contribution in [0, 0.1) is 0 Å². The number of aliphatic hydroxyl groups is 1. The third kappa shape index (κ3) is 3.42. The van der Waals surface area contributed by atoms with Gasteiger partial charge in [0.05, 0.1) is 0 Å². The second kappa shape index (κ2) is 7.03. The SMILES string of the molecule is O=C(NC1CCN(c2ncccn2)CC1)C1(O)CCc2ccccc2C1. The van der Waals surface area contributed by atoms with Crippen LogP contribution in [-0.2, 0) is 17.6 Å². The van der Waals surface area contributed by atoms with Gasteiger partial charge in [-0.1, -0.05) is 24.3 Å². The third-order valence-corrected chi connectivity index (χ3v) is 5.50. The van der Waals surface area contributed by atoms with Gasteiger partial charge in [-0.25, -0.2) is 9.97 Å². The van der Waals surface area contributed by atoms with Crippen molar-refractivity contribution >= 4 is 11.9 Å². The molecule has 2 N–H and O–H groups in total. The largest absolute Gasteiger partial charge is 0.380 e. The van der Waals surface area contributed by atoms with Crippen molar-refractivity contribution in [1.82, 2.24) is 15.3 Å². The molecule has 1 aliphatic heterocycles. The molecule has 26 heavy (non-hydrogen) atoms. The molecule has 1 atom stereocenters. The lowest BCUT2D eigenvalue weighted by Gasteiger charge is -2.36. The van der Waals surface area contributed by atoms with Crippen molar-refractivity contribution in [2.75, 3.05) is 18.0 Å². The summed E-state index contributed by atoms with van der Waals surface area (Å²) in [7, 11) is 0. The number of rotatable bonds is 3. The highest BCUT2D eigenvalue weighted by Gasteiger charge is 2.40. The van der Waals surface area contributed by atoms with E-state index in [9.17, 15) is 9.90 Å². The number of nitrogens with zero attached hydrogens (tertiary/aromatic N) is 3. The molecule has 2 aliphatic rings. The number of aromatic nitrogens is 2. The summed E-state index contributed by atoms with van der Waals surface area (Å²) in [4.78, 5) is 23.4. The zero-order chi connectivity index (χ0) is 18.0. The smallest absolute Gasteiger partial charge is 0.252 e. The van der Waals surface area contributed by atoms with E-state index in [1.807, 2.05) is 18.2 Å². The molecule has 1 aliphatic carbocycles. The molecular formula is C20H24N4O2. The van der Waals surface area contributed by atoms with E-state index in [-0.39, 0.29) is 11.9 Å². The molecule has 0 radical (unpaired) electrons. The molecule has 1 aromatic heterocycles. The standard InChI is InChI=1S/C20H24N4O2/c25-18(20(26)9-6-15-4-1-2-5-16(15)14-20)23-17-7-12-24(13-8-17)19-21-10-3-11-22-19/h1-5,10-11,17,26H,6-9,12-14H2,(H,23,25). The second-order valence-corrected chi connectivity index (χ2v) is 7.26. The van der Waals surface area contributed by atoms with Crippen LogP contribution in [-0.4, -0.2) is 45.7 Å². The second-order valence-electron chi connectivity index (χ2n) is 7.26. The fourth-order valence-corrected chi connectivity index (χ4v) is 3.91. The first-order valence-electron chi connectivity index (χ1n) is 9.26. The van der Waals surface area contributed by atoms with Gasteiger partial charge in [0.1, 0.15) is 5.60 Å². The summed E-state index contributed by atoms with van der Waals surface area (Å²) < 4.78 is 0. The van der Waals surface area contributed by atoms with Crippen molar-refractivity contribution < 1.29 is 9.90 Å². The van der Waals surface area contributed by atoms with Gasteiger partial charge in [0.2, 0.25) is 5.95 Å². The molecule has 1 unspecified atom stereocenters. The molecular weight excluding hydrogens is 328 g/mol. The first-order valence-corrected chi connectivity index (χ1v) is 9.26. The first-order chi connectivity index (χ1) is 12.6. The van der Waals surface area contributed by atoms with Gasteiger partial charge in [-0.05, 0) is 42.9 Å². The number of hydrogen-bond acceptors (Lipinski definition) is 5. The summed E-state index contributed by atoms with van der Waals surface area (Å²) in [5.41, 5.74) is 1.02. The van der Waals surface area contributed by atoms with Gasteiger partial charge >= 0.3 is 0 Å². The molecule has 136 valence electrons. The number of anilines is 1. The van der Waals surface area contributed by atoms with Crippen molar-refractivity contribution in [3.8, 4) is 0 Å². The van der Waals surface area contributed by atoms with Crippen LogP contribution in [0.25, 0.3) is 0 Å². The van der Waals surface area contributed by atoms with Crippen molar-refractivity contribution in [1.29, 1.82) is 0 Å². The molecule has 1 fully saturated rings.